The topological polar surface area (TPSA) is 56.3 Å². The van der Waals surface area contributed by atoms with Gasteiger partial charge in [-0.1, -0.05) is 62.6 Å². The quantitative estimate of drug-likeness (QED) is 0.327. The summed E-state index contributed by atoms with van der Waals surface area (Å²) < 4.78 is 5.67. The van der Waals surface area contributed by atoms with E-state index in [0.717, 1.165) is 44.2 Å². The summed E-state index contributed by atoms with van der Waals surface area (Å²) in [6.07, 6.45) is 15.9. The molecule has 4 heteroatoms. The summed E-state index contributed by atoms with van der Waals surface area (Å²) in [5.41, 5.74) is 2.71. The number of Topliss-reactive ketones (excluding diaryl/α,β-unsaturated/α-hetero) is 1. The van der Waals surface area contributed by atoms with Crippen LogP contribution < -0.4 is 0 Å². The molecule has 1 aliphatic heterocycles. The van der Waals surface area contributed by atoms with Gasteiger partial charge in [0.15, 0.2) is 0 Å². The maximum atomic E-state index is 13.9. The molecular formula is C31H45NO3. The average molecular weight is 480 g/mol. The first-order valence-corrected chi connectivity index (χ1v) is 13.2. The van der Waals surface area contributed by atoms with Crippen molar-refractivity contribution >= 4 is 17.8 Å². The predicted octanol–water partition coefficient (Wildman–Crippen LogP) is 7.76. The fourth-order valence-electron chi connectivity index (χ4n) is 4.82. The van der Waals surface area contributed by atoms with Crippen molar-refractivity contribution in [2.75, 3.05) is 6.61 Å². The Labute approximate surface area is 213 Å². The van der Waals surface area contributed by atoms with E-state index in [1.165, 1.54) is 11.1 Å². The molecule has 0 amide bonds. The van der Waals surface area contributed by atoms with Crippen molar-refractivity contribution in [3.8, 4) is 0 Å². The van der Waals surface area contributed by atoms with Crippen molar-refractivity contribution in [1.29, 1.82) is 0 Å². The van der Waals surface area contributed by atoms with Crippen LogP contribution in [-0.4, -0.2) is 23.3 Å². The maximum absolute atomic E-state index is 13.9. The summed E-state index contributed by atoms with van der Waals surface area (Å²) >= 11 is 0. The van der Waals surface area contributed by atoms with Gasteiger partial charge in [-0.25, -0.2) is 0 Å². The number of aromatic nitrogens is 1. The summed E-state index contributed by atoms with van der Waals surface area (Å²) in [6.45, 7) is 12.9. The van der Waals surface area contributed by atoms with E-state index < -0.39 is 11.3 Å². The lowest BCUT2D eigenvalue weighted by Gasteiger charge is -2.31. The minimum absolute atomic E-state index is 0.0455. The normalized spacial score (nSPS) is 25.1. The highest BCUT2D eigenvalue weighted by Gasteiger charge is 2.37. The highest BCUT2D eigenvalue weighted by atomic mass is 16.5. The molecule has 1 aromatic rings. The van der Waals surface area contributed by atoms with Crippen LogP contribution in [0.3, 0.4) is 0 Å². The number of ketones is 1. The van der Waals surface area contributed by atoms with Gasteiger partial charge in [0.1, 0.15) is 5.78 Å². The Hall–Kier alpha value is -2.49. The average Bonchev–Trinajstić information content (AvgIpc) is 2.81. The van der Waals surface area contributed by atoms with E-state index in [0.29, 0.717) is 18.9 Å². The van der Waals surface area contributed by atoms with Crippen molar-refractivity contribution in [3.63, 3.8) is 0 Å². The molecule has 4 nitrogen and oxygen atoms in total. The number of nitrogens with zero attached hydrogens (tertiary/aromatic N) is 1. The number of esters is 1. The molecule has 0 radical (unpaired) electrons. The molecule has 35 heavy (non-hydrogen) atoms. The predicted molar refractivity (Wildman–Crippen MR) is 145 cm³/mol. The fourth-order valence-corrected chi connectivity index (χ4v) is 4.82. The number of hydrogen-bond donors (Lipinski definition) is 0. The Morgan fingerprint density at radius 2 is 2.00 bits per heavy atom. The second-order valence-corrected chi connectivity index (χ2v) is 11.1. The van der Waals surface area contributed by atoms with Gasteiger partial charge in [0.25, 0.3) is 0 Å². The number of cyclic esters (lactones) is 1. The largest absolute Gasteiger partial charge is 0.465 e. The molecule has 0 N–H and O–H groups in total. The highest BCUT2D eigenvalue weighted by molar-refractivity contribution is 5.87. The van der Waals surface area contributed by atoms with Crippen LogP contribution in [0.1, 0.15) is 92.2 Å². The van der Waals surface area contributed by atoms with Crippen molar-refractivity contribution in [3.05, 3.63) is 59.5 Å². The number of carbonyl (C=O) groups is 2. The molecule has 0 saturated carbocycles. The van der Waals surface area contributed by atoms with Crippen LogP contribution in [0, 0.1) is 23.2 Å². The molecule has 0 spiro atoms. The molecule has 1 aromatic heterocycles. The monoisotopic (exact) mass is 479 g/mol. The summed E-state index contributed by atoms with van der Waals surface area (Å²) in [4.78, 5) is 31.3. The summed E-state index contributed by atoms with van der Waals surface area (Å²) in [5, 5.41) is 0. The lowest BCUT2D eigenvalue weighted by atomic mass is 9.71. The van der Waals surface area contributed by atoms with Crippen molar-refractivity contribution in [1.82, 2.24) is 4.98 Å². The zero-order valence-electron chi connectivity index (χ0n) is 22.7. The van der Waals surface area contributed by atoms with Gasteiger partial charge in [0.2, 0.25) is 0 Å². The van der Waals surface area contributed by atoms with Crippen LogP contribution in [0.5, 0.6) is 0 Å². The second kappa shape index (κ2) is 14.2. The van der Waals surface area contributed by atoms with Crippen LogP contribution >= 0.6 is 0 Å². The lowest BCUT2D eigenvalue weighted by Crippen LogP contribution is -2.35. The first kappa shape index (κ1) is 28.7. The summed E-state index contributed by atoms with van der Waals surface area (Å²) in [7, 11) is 0. The standard InChI is InChI=1S/C31H45NO3/c1-23(2)15-16-26-21-25(4)12-9-11-24(3)13-10-20-35-30(34)27(22-31(5,6)29(26)33)17-18-28-14-7-8-19-32-28/h7-8,13-15,17-19,25-27H,9-12,16,20-22H2,1-6H3. The molecule has 192 valence electrons. The summed E-state index contributed by atoms with van der Waals surface area (Å²) in [6, 6.07) is 5.68. The number of pyridine rings is 1. The van der Waals surface area contributed by atoms with Gasteiger partial charge in [-0.15, -0.1) is 0 Å². The lowest BCUT2D eigenvalue weighted by molar-refractivity contribution is -0.148. The van der Waals surface area contributed by atoms with E-state index in [-0.39, 0.29) is 17.7 Å². The minimum Gasteiger partial charge on any atom is -0.465 e. The number of ether oxygens (including phenoxy) is 1. The van der Waals surface area contributed by atoms with E-state index >= 15 is 0 Å². The second-order valence-electron chi connectivity index (χ2n) is 11.1. The molecule has 1 aliphatic rings. The first-order chi connectivity index (χ1) is 16.6. The Bertz CT molecular complexity index is 906. The molecule has 3 atom stereocenters. The number of hydrogen-bond acceptors (Lipinski definition) is 4. The molecule has 0 aliphatic carbocycles. The minimum atomic E-state index is -0.647. The third-order valence-corrected chi connectivity index (χ3v) is 6.88. The van der Waals surface area contributed by atoms with Gasteiger partial charge in [-0.2, -0.15) is 0 Å². The van der Waals surface area contributed by atoms with Gasteiger partial charge < -0.3 is 4.74 Å². The van der Waals surface area contributed by atoms with Crippen molar-refractivity contribution < 1.29 is 14.3 Å². The molecule has 2 rings (SSSR count). The van der Waals surface area contributed by atoms with Gasteiger partial charge in [0.05, 0.1) is 18.2 Å². The van der Waals surface area contributed by atoms with Crippen molar-refractivity contribution in [2.45, 2.75) is 86.5 Å². The van der Waals surface area contributed by atoms with Crippen LogP contribution in [0.2, 0.25) is 0 Å². The fraction of sp³-hybridized carbons (Fsp3) is 0.581. The van der Waals surface area contributed by atoms with Crippen LogP contribution in [-0.2, 0) is 14.3 Å². The number of allylic oxidation sites excluding steroid dienone is 3. The smallest absolute Gasteiger partial charge is 0.312 e. The Morgan fingerprint density at radius 3 is 2.69 bits per heavy atom. The van der Waals surface area contributed by atoms with E-state index in [1.54, 1.807) is 6.20 Å². The van der Waals surface area contributed by atoms with Gasteiger partial charge >= 0.3 is 5.97 Å². The molecule has 0 aromatic carbocycles. The van der Waals surface area contributed by atoms with Crippen LogP contribution in [0.25, 0.3) is 6.08 Å². The molecule has 0 saturated heterocycles. The van der Waals surface area contributed by atoms with E-state index in [1.807, 2.05) is 44.2 Å². The third kappa shape index (κ3) is 10.3. The molecular weight excluding hydrogens is 434 g/mol. The summed E-state index contributed by atoms with van der Waals surface area (Å²) in [5.74, 6) is -0.0957. The number of carbonyl (C=O) groups excluding carboxylic acids is 2. The number of rotatable bonds is 4. The van der Waals surface area contributed by atoms with E-state index in [9.17, 15) is 9.59 Å². The van der Waals surface area contributed by atoms with Crippen LogP contribution in [0.4, 0.5) is 0 Å². The Balaban J connectivity index is 2.35. The third-order valence-electron chi connectivity index (χ3n) is 6.88. The van der Waals surface area contributed by atoms with E-state index in [2.05, 4.69) is 44.8 Å². The zero-order valence-corrected chi connectivity index (χ0v) is 22.7. The SMILES string of the molecule is CC(C)=CCC1CC(C)CCCC(C)=CCCOC(=O)C(C=Cc2ccccn2)CC(C)(C)C1=O. The molecule has 0 bridgehead atoms. The molecule has 3 unspecified atom stereocenters. The van der Waals surface area contributed by atoms with Gasteiger partial charge in [-0.3, -0.25) is 14.6 Å². The Kier molecular flexibility index (Phi) is 11.6. The van der Waals surface area contributed by atoms with Gasteiger partial charge in [-0.05, 0) is 83.4 Å². The molecule has 2 heterocycles. The Morgan fingerprint density at radius 1 is 1.23 bits per heavy atom. The maximum Gasteiger partial charge on any atom is 0.312 e. The first-order valence-electron chi connectivity index (χ1n) is 13.2. The van der Waals surface area contributed by atoms with Crippen molar-refractivity contribution in [2.24, 2.45) is 23.2 Å². The van der Waals surface area contributed by atoms with Crippen LogP contribution in [0.15, 0.2) is 53.8 Å². The molecule has 0 fully saturated rings. The zero-order chi connectivity index (χ0) is 25.8. The van der Waals surface area contributed by atoms with E-state index in [4.69, 9.17) is 4.74 Å². The van der Waals surface area contributed by atoms with Gasteiger partial charge in [0, 0.05) is 17.5 Å². The highest BCUT2D eigenvalue weighted by Crippen LogP contribution is 2.35.